The molecule has 0 aromatic rings. The quantitative estimate of drug-likeness (QED) is 0.565. The predicted octanol–water partition coefficient (Wildman–Crippen LogP) is 1.67. The molecule has 0 spiro atoms. The monoisotopic (exact) mass is 351 g/mol. The second kappa shape index (κ2) is 9.41. The Bertz CT molecular complexity index is 449. The molecule has 2 rings (SSSR count). The third kappa shape index (κ3) is 5.87. The fraction of sp³-hybridized carbons (Fsp3) is 0.895. The van der Waals surface area contributed by atoms with Gasteiger partial charge in [-0.25, -0.2) is 0 Å². The first-order valence-electron chi connectivity index (χ1n) is 9.95. The number of amides is 1. The summed E-state index contributed by atoms with van der Waals surface area (Å²) in [4.78, 5) is 21.0. The number of carbonyl (C=O) groups is 1. The molecule has 0 radical (unpaired) electrons. The number of aliphatic imine (C=N–C) groups is 1. The van der Waals surface area contributed by atoms with E-state index < -0.39 is 0 Å². The van der Waals surface area contributed by atoms with Gasteiger partial charge in [0.1, 0.15) is 0 Å². The number of rotatable bonds is 6. The van der Waals surface area contributed by atoms with E-state index in [0.29, 0.717) is 12.0 Å². The summed E-state index contributed by atoms with van der Waals surface area (Å²) in [6.07, 6.45) is 6.66. The van der Waals surface area contributed by atoms with Crippen molar-refractivity contribution in [1.82, 2.24) is 20.4 Å². The summed E-state index contributed by atoms with van der Waals surface area (Å²) in [7, 11) is 1.87. The number of hydrogen-bond donors (Lipinski definition) is 2. The molecule has 144 valence electrons. The van der Waals surface area contributed by atoms with Crippen LogP contribution in [0, 0.1) is 5.41 Å². The normalized spacial score (nSPS) is 21.6. The zero-order valence-corrected chi connectivity index (χ0v) is 16.6. The topological polar surface area (TPSA) is 60.0 Å². The van der Waals surface area contributed by atoms with E-state index in [-0.39, 0.29) is 11.9 Å². The second-order valence-corrected chi connectivity index (χ2v) is 7.95. The van der Waals surface area contributed by atoms with Crippen LogP contribution in [-0.4, -0.2) is 74.0 Å². The van der Waals surface area contributed by atoms with Crippen molar-refractivity contribution >= 4 is 11.9 Å². The summed E-state index contributed by atoms with van der Waals surface area (Å²) < 4.78 is 0. The maximum absolute atomic E-state index is 11.9. The molecule has 0 unspecified atom stereocenters. The minimum atomic E-state index is 0.122. The molecule has 0 aromatic carbocycles. The molecule has 1 saturated heterocycles. The average molecular weight is 352 g/mol. The molecule has 0 bridgehead atoms. The average Bonchev–Trinajstić information content (AvgIpc) is 3.05. The highest BCUT2D eigenvalue weighted by atomic mass is 16.2. The summed E-state index contributed by atoms with van der Waals surface area (Å²) in [6, 6.07) is 0.207. The van der Waals surface area contributed by atoms with Gasteiger partial charge in [0.2, 0.25) is 5.91 Å². The molecule has 2 aliphatic rings. The Morgan fingerprint density at radius 1 is 1.16 bits per heavy atom. The van der Waals surface area contributed by atoms with E-state index in [2.05, 4.69) is 32.3 Å². The van der Waals surface area contributed by atoms with Crippen LogP contribution in [0.4, 0.5) is 0 Å². The van der Waals surface area contributed by atoms with Gasteiger partial charge in [-0.15, -0.1) is 0 Å². The molecule has 1 heterocycles. The summed E-state index contributed by atoms with van der Waals surface area (Å²) in [5.41, 5.74) is 0.465. The lowest BCUT2D eigenvalue weighted by Gasteiger charge is -2.37. The number of piperazine rings is 1. The highest BCUT2D eigenvalue weighted by Gasteiger charge is 2.32. The first-order chi connectivity index (χ1) is 12.0. The van der Waals surface area contributed by atoms with Crippen LogP contribution in [0.2, 0.25) is 0 Å². The van der Waals surface area contributed by atoms with Gasteiger partial charge in [-0.3, -0.25) is 14.7 Å². The van der Waals surface area contributed by atoms with Crippen molar-refractivity contribution in [3.63, 3.8) is 0 Å². The molecule has 6 heteroatoms. The molecule has 25 heavy (non-hydrogen) atoms. The van der Waals surface area contributed by atoms with Crippen LogP contribution in [0.1, 0.15) is 52.9 Å². The van der Waals surface area contributed by atoms with Crippen LogP contribution in [-0.2, 0) is 4.79 Å². The largest absolute Gasteiger partial charge is 0.356 e. The lowest BCUT2D eigenvalue weighted by molar-refractivity contribution is -0.123. The highest BCUT2D eigenvalue weighted by Crippen LogP contribution is 2.40. The predicted molar refractivity (Wildman–Crippen MR) is 104 cm³/mol. The van der Waals surface area contributed by atoms with Crippen LogP contribution < -0.4 is 10.6 Å². The lowest BCUT2D eigenvalue weighted by atomic mass is 9.83. The minimum Gasteiger partial charge on any atom is -0.356 e. The Kier molecular flexibility index (Phi) is 7.54. The summed E-state index contributed by atoms with van der Waals surface area (Å²) in [6.45, 7) is 11.5. The molecule has 1 saturated carbocycles. The van der Waals surface area contributed by atoms with Gasteiger partial charge in [-0.05, 0) is 38.5 Å². The Labute approximate surface area is 153 Å². The van der Waals surface area contributed by atoms with Crippen molar-refractivity contribution in [2.75, 3.05) is 46.3 Å². The Morgan fingerprint density at radius 3 is 2.32 bits per heavy atom. The van der Waals surface area contributed by atoms with Crippen molar-refractivity contribution in [3.05, 3.63) is 0 Å². The van der Waals surface area contributed by atoms with Gasteiger partial charge in [-0.2, -0.15) is 0 Å². The van der Waals surface area contributed by atoms with E-state index in [4.69, 9.17) is 0 Å². The molecule has 1 aliphatic heterocycles. The van der Waals surface area contributed by atoms with Crippen molar-refractivity contribution < 1.29 is 4.79 Å². The number of carbonyl (C=O) groups excluding carboxylic acids is 1. The van der Waals surface area contributed by atoms with Crippen LogP contribution in [0.25, 0.3) is 0 Å². The van der Waals surface area contributed by atoms with E-state index in [1.165, 1.54) is 32.1 Å². The zero-order valence-electron chi connectivity index (χ0n) is 16.6. The first-order valence-corrected chi connectivity index (χ1v) is 9.95. The standard InChI is InChI=1S/C19H37N5O/c1-5-19(8-6-7-9-19)15-21-18(20-4)24-12-10-23(11-13-24)14-17(25)22-16(2)3/h16H,5-15H2,1-4H3,(H,20,21)(H,22,25). The molecule has 0 atom stereocenters. The second-order valence-electron chi connectivity index (χ2n) is 7.95. The Balaban J connectivity index is 1.77. The third-order valence-corrected chi connectivity index (χ3v) is 5.74. The van der Waals surface area contributed by atoms with Crippen molar-refractivity contribution in [1.29, 1.82) is 0 Å². The van der Waals surface area contributed by atoms with E-state index in [0.717, 1.165) is 38.7 Å². The fourth-order valence-corrected chi connectivity index (χ4v) is 4.07. The van der Waals surface area contributed by atoms with Crippen LogP contribution >= 0.6 is 0 Å². The van der Waals surface area contributed by atoms with Crippen molar-refractivity contribution in [2.24, 2.45) is 10.4 Å². The van der Waals surface area contributed by atoms with Gasteiger partial charge in [0.05, 0.1) is 6.54 Å². The van der Waals surface area contributed by atoms with Crippen molar-refractivity contribution in [2.45, 2.75) is 58.9 Å². The van der Waals surface area contributed by atoms with E-state index in [1.54, 1.807) is 0 Å². The Hall–Kier alpha value is -1.30. The van der Waals surface area contributed by atoms with E-state index in [1.807, 2.05) is 20.9 Å². The summed E-state index contributed by atoms with van der Waals surface area (Å²) in [5.74, 6) is 1.14. The molecule has 0 aromatic heterocycles. The molecule has 2 fully saturated rings. The molecule has 6 nitrogen and oxygen atoms in total. The highest BCUT2D eigenvalue weighted by molar-refractivity contribution is 5.80. The minimum absolute atomic E-state index is 0.122. The third-order valence-electron chi connectivity index (χ3n) is 5.74. The molecular formula is C19H37N5O. The smallest absolute Gasteiger partial charge is 0.234 e. The summed E-state index contributed by atoms with van der Waals surface area (Å²) in [5, 5.41) is 6.60. The number of guanidine groups is 1. The van der Waals surface area contributed by atoms with Gasteiger partial charge < -0.3 is 15.5 Å². The number of nitrogens with one attached hydrogen (secondary N) is 2. The SMILES string of the molecule is CCC1(CNC(=NC)N2CCN(CC(=O)NC(C)C)CC2)CCCC1. The summed E-state index contributed by atoms with van der Waals surface area (Å²) >= 11 is 0. The molecule has 2 N–H and O–H groups in total. The maximum atomic E-state index is 11.9. The van der Waals surface area contributed by atoms with E-state index >= 15 is 0 Å². The molecule has 1 amide bonds. The first kappa shape index (κ1) is 20.0. The maximum Gasteiger partial charge on any atom is 0.234 e. The molecule has 1 aliphatic carbocycles. The van der Waals surface area contributed by atoms with Gasteiger partial charge in [-0.1, -0.05) is 19.8 Å². The van der Waals surface area contributed by atoms with E-state index in [9.17, 15) is 4.79 Å². The fourth-order valence-electron chi connectivity index (χ4n) is 4.07. The van der Waals surface area contributed by atoms with Gasteiger partial charge >= 0.3 is 0 Å². The van der Waals surface area contributed by atoms with Crippen LogP contribution in [0.15, 0.2) is 4.99 Å². The molecular weight excluding hydrogens is 314 g/mol. The number of hydrogen-bond acceptors (Lipinski definition) is 3. The van der Waals surface area contributed by atoms with Gasteiger partial charge in [0, 0.05) is 45.8 Å². The zero-order chi connectivity index (χ0) is 18.3. The lowest BCUT2D eigenvalue weighted by Crippen LogP contribution is -2.55. The Morgan fingerprint density at radius 2 is 1.80 bits per heavy atom. The van der Waals surface area contributed by atoms with Crippen molar-refractivity contribution in [3.8, 4) is 0 Å². The van der Waals surface area contributed by atoms with Gasteiger partial charge in [0.25, 0.3) is 0 Å². The van der Waals surface area contributed by atoms with Crippen LogP contribution in [0.3, 0.4) is 0 Å². The van der Waals surface area contributed by atoms with Crippen LogP contribution in [0.5, 0.6) is 0 Å². The van der Waals surface area contributed by atoms with Gasteiger partial charge in [0.15, 0.2) is 5.96 Å². The number of nitrogens with zero attached hydrogens (tertiary/aromatic N) is 3.